The number of amides is 5. The molecule has 0 aliphatic carbocycles. The summed E-state index contributed by atoms with van der Waals surface area (Å²) in [6.45, 7) is 1.49. The maximum Gasteiger partial charge on any atom is 0.446 e. The monoisotopic (exact) mass is 1190 g/mol. The van der Waals surface area contributed by atoms with Crippen LogP contribution in [0, 0.1) is 17.8 Å². The molecule has 1 heterocycles. The van der Waals surface area contributed by atoms with Crippen LogP contribution < -0.4 is 31.2 Å². The summed E-state index contributed by atoms with van der Waals surface area (Å²) < 4.78 is 36.1. The number of aromatic nitrogens is 1. The van der Waals surface area contributed by atoms with Gasteiger partial charge in [-0.15, -0.1) is 0 Å². The molecule has 5 amide bonds. The van der Waals surface area contributed by atoms with E-state index in [1.165, 1.54) is 54.7 Å². The van der Waals surface area contributed by atoms with E-state index in [4.69, 9.17) is 10.3 Å². The van der Waals surface area contributed by atoms with E-state index in [9.17, 15) is 71.4 Å². The third-order valence-electron chi connectivity index (χ3n) is 13.3. The zero-order chi connectivity index (χ0) is 60.5. The minimum absolute atomic E-state index is 0.0589. The number of hydrogen-bond donors (Lipinski definition) is 9. The van der Waals surface area contributed by atoms with Gasteiger partial charge in [0.05, 0.1) is 37.0 Å². The van der Waals surface area contributed by atoms with E-state index in [0.29, 0.717) is 28.2 Å². The van der Waals surface area contributed by atoms with Crippen LogP contribution in [0.3, 0.4) is 0 Å². The molecular formula is C56H70N6O17S3. The van der Waals surface area contributed by atoms with Crippen molar-refractivity contribution in [2.75, 3.05) is 24.0 Å². The van der Waals surface area contributed by atoms with Crippen molar-refractivity contribution in [3.05, 3.63) is 102 Å². The topological polar surface area (TPSA) is 382 Å². The lowest BCUT2D eigenvalue weighted by molar-refractivity contribution is -0.141. The molecule has 4 aromatic rings. The number of carboxylic acid groups (broad SMARTS) is 2. The van der Waals surface area contributed by atoms with Crippen LogP contribution >= 0.6 is 23.5 Å². The van der Waals surface area contributed by atoms with Gasteiger partial charge in [0.25, 0.3) is 0 Å². The quantitative estimate of drug-likeness (QED) is 0.0287. The molecule has 1 aromatic heterocycles. The number of H-pyrrole nitrogens is 1. The van der Waals surface area contributed by atoms with Crippen LogP contribution in [0.4, 0.5) is 0 Å². The Bertz CT molecular complexity index is 3010. The highest BCUT2D eigenvalue weighted by molar-refractivity contribution is 7.98. The van der Waals surface area contributed by atoms with Gasteiger partial charge >= 0.3 is 22.3 Å². The number of carbonyl (C=O) groups excluding carboxylic acids is 9. The van der Waals surface area contributed by atoms with E-state index in [2.05, 4.69) is 30.4 Å². The number of aliphatic carboxylic acids is 2. The molecule has 3 aromatic carbocycles. The Kier molecular flexibility index (Phi) is 27.4. The largest absolute Gasteiger partial charge is 0.481 e. The molecule has 82 heavy (non-hydrogen) atoms. The number of nitrogens with two attached hydrogens (primary N) is 1. The smallest absolute Gasteiger partial charge is 0.446 e. The number of hydrogen-bond acceptors (Lipinski definition) is 16. The van der Waals surface area contributed by atoms with Gasteiger partial charge in [0.15, 0.2) is 23.1 Å². The molecule has 26 heteroatoms. The summed E-state index contributed by atoms with van der Waals surface area (Å²) in [5.74, 6) is -12.4. The molecule has 23 nitrogen and oxygen atoms in total. The van der Waals surface area contributed by atoms with Gasteiger partial charge in [-0.25, -0.2) is 0 Å². The normalized spacial score (nSPS) is 13.9. The van der Waals surface area contributed by atoms with Crippen LogP contribution in [-0.2, 0) is 82.4 Å². The van der Waals surface area contributed by atoms with E-state index in [1.54, 1.807) is 67.2 Å². The first-order chi connectivity index (χ1) is 38.9. The summed E-state index contributed by atoms with van der Waals surface area (Å²) in [7, 11) is -4.88. The highest BCUT2D eigenvalue weighted by Crippen LogP contribution is 2.24. The van der Waals surface area contributed by atoms with Crippen molar-refractivity contribution in [2.45, 2.75) is 115 Å². The molecule has 444 valence electrons. The minimum Gasteiger partial charge on any atom is -0.481 e. The van der Waals surface area contributed by atoms with Gasteiger partial charge < -0.3 is 46.4 Å². The molecule has 0 saturated heterocycles. The molecule has 0 bridgehead atoms. The van der Waals surface area contributed by atoms with Gasteiger partial charge in [0.2, 0.25) is 29.5 Å². The number of rotatable bonds is 39. The van der Waals surface area contributed by atoms with Crippen LogP contribution in [0.2, 0.25) is 0 Å². The fourth-order valence-corrected chi connectivity index (χ4v) is 10.3. The van der Waals surface area contributed by atoms with Gasteiger partial charge in [-0.05, 0) is 84.6 Å². The van der Waals surface area contributed by atoms with Gasteiger partial charge in [0.1, 0.15) is 5.75 Å². The number of ketones is 4. The fourth-order valence-electron chi connectivity index (χ4n) is 8.97. The summed E-state index contributed by atoms with van der Waals surface area (Å²) in [5.41, 5.74) is 8.06. The fraction of sp³-hybridized carbons (Fsp3) is 0.446. The Morgan fingerprint density at radius 2 is 1.09 bits per heavy atom. The predicted molar refractivity (Wildman–Crippen MR) is 306 cm³/mol. The van der Waals surface area contributed by atoms with Crippen molar-refractivity contribution in [3.63, 3.8) is 0 Å². The van der Waals surface area contributed by atoms with Gasteiger partial charge in [-0.3, -0.25) is 57.3 Å². The second-order valence-corrected chi connectivity index (χ2v) is 22.6. The van der Waals surface area contributed by atoms with E-state index in [0.717, 1.165) is 10.9 Å². The summed E-state index contributed by atoms with van der Waals surface area (Å²) in [6.07, 6.45) is 0.921. The van der Waals surface area contributed by atoms with Crippen LogP contribution in [-0.4, -0.2) is 141 Å². The Morgan fingerprint density at radius 1 is 0.573 bits per heavy atom. The van der Waals surface area contributed by atoms with Crippen LogP contribution in [0.5, 0.6) is 5.75 Å². The first-order valence-corrected chi connectivity index (χ1v) is 30.4. The Morgan fingerprint density at radius 3 is 1.68 bits per heavy atom. The SMILES string of the molecule is CCC(=O)N[C@@H](CC(=O)O)C(=O)C[C@@H](Cc1ccc(OS(=O)(=O)O)cc1)C(=O)N[C@@H](CCSC)C(=O)CCC(=O)N[C@@H](Cc1c[nH]c2ccccc12)C(=O)C[C@@H](CCSC)C(=O)N[C@@H](CC(=O)O)C(=O)C[C@@H](Cc1ccccc1)C(N)=O. The van der Waals surface area contributed by atoms with Crippen LogP contribution in [0.15, 0.2) is 85.1 Å². The zero-order valence-corrected chi connectivity index (χ0v) is 48.0. The van der Waals surface area contributed by atoms with Crippen LogP contribution in [0.1, 0.15) is 87.8 Å². The number of primary amides is 1. The van der Waals surface area contributed by atoms with Crippen molar-refractivity contribution in [3.8, 4) is 5.75 Å². The third-order valence-corrected chi connectivity index (χ3v) is 15.0. The first kappa shape index (κ1) is 67.1. The van der Waals surface area contributed by atoms with Gasteiger partial charge in [-0.1, -0.05) is 67.6 Å². The van der Waals surface area contributed by atoms with Crippen molar-refractivity contribution in [1.82, 2.24) is 26.3 Å². The first-order valence-electron chi connectivity index (χ1n) is 26.3. The number of carbonyl (C=O) groups is 11. The number of nitrogens with one attached hydrogen (secondary N) is 5. The highest BCUT2D eigenvalue weighted by atomic mass is 32.3. The van der Waals surface area contributed by atoms with E-state index < -0.39 is 162 Å². The van der Waals surface area contributed by atoms with Gasteiger partial charge in [-0.2, -0.15) is 31.9 Å². The molecule has 0 spiro atoms. The van der Waals surface area contributed by atoms with E-state index in [1.807, 2.05) is 6.07 Å². The molecule has 0 saturated carbocycles. The number of carboxylic acids is 2. The Labute approximate surface area is 483 Å². The van der Waals surface area contributed by atoms with Gasteiger partial charge in [0, 0.05) is 79.8 Å². The zero-order valence-electron chi connectivity index (χ0n) is 45.6. The molecule has 0 fully saturated rings. The number of aromatic amines is 1. The number of para-hydroxylation sites is 1. The number of fused-ring (bicyclic) bond motifs is 1. The maximum atomic E-state index is 14.5. The van der Waals surface area contributed by atoms with Crippen molar-refractivity contribution >= 4 is 109 Å². The Balaban J connectivity index is 1.57. The Hall–Kier alpha value is -7.42. The van der Waals surface area contributed by atoms with Crippen molar-refractivity contribution in [2.24, 2.45) is 23.5 Å². The van der Waals surface area contributed by atoms with E-state index in [-0.39, 0.29) is 44.3 Å². The van der Waals surface area contributed by atoms with Crippen molar-refractivity contribution in [1.29, 1.82) is 0 Å². The summed E-state index contributed by atoms with van der Waals surface area (Å²) in [6, 6.07) is 15.3. The molecule has 0 unspecified atom stereocenters. The predicted octanol–water partition coefficient (Wildman–Crippen LogP) is 3.74. The molecule has 0 aliphatic heterocycles. The molecular weight excluding hydrogens is 1120 g/mol. The molecule has 0 aliphatic rings. The average molecular weight is 1200 g/mol. The lowest BCUT2D eigenvalue weighted by Gasteiger charge is -2.24. The van der Waals surface area contributed by atoms with E-state index >= 15 is 0 Å². The average Bonchev–Trinajstić information content (AvgIpc) is 3.84. The summed E-state index contributed by atoms with van der Waals surface area (Å²) in [5, 5.41) is 30.4. The number of thioether (sulfide) groups is 2. The summed E-state index contributed by atoms with van der Waals surface area (Å²) in [4.78, 5) is 150. The third kappa shape index (κ3) is 23.2. The molecule has 10 N–H and O–H groups in total. The highest BCUT2D eigenvalue weighted by Gasteiger charge is 2.35. The van der Waals surface area contributed by atoms with Crippen LogP contribution in [0.25, 0.3) is 10.9 Å². The number of Topliss-reactive ketones (excluding diaryl/α,β-unsaturated/α-hetero) is 4. The maximum absolute atomic E-state index is 14.5. The second-order valence-electron chi connectivity index (χ2n) is 19.6. The lowest BCUT2D eigenvalue weighted by Crippen LogP contribution is -2.48. The molecule has 0 radical (unpaired) electrons. The standard InChI is InChI=1S/C56H70N6O17S3/c1-4-50(67)59-44(30-52(69)70)49(66)29-37(25-34-14-16-39(17-15-34)79-82(76,77)78)56(75)61-42(21-23-81-3)46(63)18-19-51(68)60-43(26-38-32-58-41-13-9-8-12-40(38)41)47(64)27-35(20-22-80-2)55(74)62-45(31-53(71)72)48(65)28-36(54(57)73)24-33-10-6-5-7-11-33/h5-17,32,35-37,42-45,58H,4,18-31H2,1-3H3,(H2,57,73)(H,59,67)(H,60,68)(H,61,75)(H,62,74)(H,69,70)(H,71,72)(H,76,77,78)/t35-,36-,37-,42+,43+,44+,45+/m1/s1. The second kappa shape index (κ2) is 33.5. The van der Waals surface area contributed by atoms with Crippen molar-refractivity contribution < 1.29 is 80.1 Å². The molecule has 4 rings (SSSR count). The lowest BCUT2D eigenvalue weighted by atomic mass is 9.89. The number of benzene rings is 3. The minimum atomic E-state index is -4.88. The summed E-state index contributed by atoms with van der Waals surface area (Å²) >= 11 is 2.71. The molecule has 7 atom stereocenters.